The number of rotatable bonds is 13. The van der Waals surface area contributed by atoms with Crippen molar-refractivity contribution in [1.29, 1.82) is 0 Å². The second-order valence-electron chi connectivity index (χ2n) is 7.62. The van der Waals surface area contributed by atoms with Crippen LogP contribution in [0.2, 0.25) is 0 Å². The van der Waals surface area contributed by atoms with Gasteiger partial charge in [0.15, 0.2) is 0 Å². The average molecular weight is 527 g/mol. The molecule has 0 aliphatic heterocycles. The van der Waals surface area contributed by atoms with E-state index < -0.39 is 38.0 Å². The molecule has 0 heterocycles. The minimum absolute atomic E-state index is 0.0478. The number of hydrogen-bond donors (Lipinski definition) is 2. The smallest absolute Gasteiger partial charge is 0.339 e. The van der Waals surface area contributed by atoms with Gasteiger partial charge in [0.2, 0.25) is 20.0 Å². The second kappa shape index (κ2) is 12.8. The van der Waals surface area contributed by atoms with Crippen molar-refractivity contribution in [2.24, 2.45) is 0 Å². The molecule has 0 saturated carbocycles. The van der Waals surface area contributed by atoms with Crippen molar-refractivity contribution >= 4 is 32.0 Å². The standard InChI is InChI=1S/C23H30N2O8S2/c1-4-33-23(27)20(25-35(30,31)21-11-6-5-9-19(21)22(26)32-3)10-7-8-16-24-34(28,29)18-14-12-17(2)13-15-18/h5-6,9,11-15,20,24-25H,4,7-8,10,16H2,1-3H3/t20-/m0/s1. The van der Waals surface area contributed by atoms with Crippen LogP contribution >= 0.6 is 0 Å². The Kier molecular flexibility index (Phi) is 10.4. The predicted octanol–water partition coefficient (Wildman–Crippen LogP) is 2.14. The molecule has 0 spiro atoms. The van der Waals surface area contributed by atoms with Crippen LogP contribution in [0.1, 0.15) is 42.1 Å². The van der Waals surface area contributed by atoms with Crippen molar-refractivity contribution in [2.45, 2.75) is 48.9 Å². The Morgan fingerprint density at radius 3 is 2.23 bits per heavy atom. The van der Waals surface area contributed by atoms with Crippen LogP contribution in [0.25, 0.3) is 0 Å². The summed E-state index contributed by atoms with van der Waals surface area (Å²) in [6.45, 7) is 3.60. The molecule has 12 heteroatoms. The highest BCUT2D eigenvalue weighted by atomic mass is 32.2. The van der Waals surface area contributed by atoms with E-state index in [1.54, 1.807) is 19.1 Å². The Bertz CT molecular complexity index is 1230. The number of methoxy groups -OCH3 is 1. The third-order valence-corrected chi connectivity index (χ3v) is 8.00. The van der Waals surface area contributed by atoms with Gasteiger partial charge >= 0.3 is 11.9 Å². The highest BCUT2D eigenvalue weighted by molar-refractivity contribution is 7.89. The molecule has 0 bridgehead atoms. The van der Waals surface area contributed by atoms with Crippen LogP contribution in [-0.4, -0.2) is 55.1 Å². The minimum Gasteiger partial charge on any atom is -0.465 e. The lowest BCUT2D eigenvalue weighted by molar-refractivity contribution is -0.145. The molecule has 0 amide bonds. The molecule has 0 saturated heterocycles. The van der Waals surface area contributed by atoms with E-state index in [1.165, 1.54) is 36.4 Å². The monoisotopic (exact) mass is 526 g/mol. The first-order valence-corrected chi connectivity index (χ1v) is 13.9. The molecule has 2 aromatic rings. The van der Waals surface area contributed by atoms with Crippen LogP contribution in [0.5, 0.6) is 0 Å². The number of carbonyl (C=O) groups is 2. The molecule has 1 atom stereocenters. The summed E-state index contributed by atoms with van der Waals surface area (Å²) in [7, 11) is -6.82. The molecule has 0 radical (unpaired) electrons. The molecule has 0 aromatic heterocycles. The molecular weight excluding hydrogens is 496 g/mol. The fourth-order valence-corrected chi connectivity index (χ4v) is 5.67. The van der Waals surface area contributed by atoms with Gasteiger partial charge in [-0.3, -0.25) is 4.79 Å². The first-order valence-electron chi connectivity index (χ1n) is 10.9. The van der Waals surface area contributed by atoms with Crippen molar-refractivity contribution in [3.63, 3.8) is 0 Å². The number of esters is 2. The van der Waals surface area contributed by atoms with E-state index in [4.69, 9.17) is 4.74 Å². The van der Waals surface area contributed by atoms with Crippen molar-refractivity contribution in [3.05, 3.63) is 59.7 Å². The Morgan fingerprint density at radius 1 is 0.943 bits per heavy atom. The highest BCUT2D eigenvalue weighted by Gasteiger charge is 2.29. The van der Waals surface area contributed by atoms with Crippen molar-refractivity contribution < 1.29 is 35.9 Å². The number of ether oxygens (including phenoxy) is 2. The maximum Gasteiger partial charge on any atom is 0.339 e. The van der Waals surface area contributed by atoms with E-state index in [2.05, 4.69) is 14.2 Å². The molecule has 0 unspecified atom stereocenters. The largest absolute Gasteiger partial charge is 0.465 e. The SMILES string of the molecule is CCOC(=O)[C@H](CCCCNS(=O)(=O)c1ccc(C)cc1)NS(=O)(=O)c1ccccc1C(=O)OC. The van der Waals surface area contributed by atoms with Gasteiger partial charge in [-0.25, -0.2) is 26.4 Å². The van der Waals surface area contributed by atoms with Crippen LogP contribution in [0.4, 0.5) is 0 Å². The molecule has 2 N–H and O–H groups in total. The number of unbranched alkanes of at least 4 members (excludes halogenated alkanes) is 1. The fourth-order valence-electron chi connectivity index (χ4n) is 3.18. The number of hydrogen-bond acceptors (Lipinski definition) is 8. The Morgan fingerprint density at radius 2 is 1.60 bits per heavy atom. The van der Waals surface area contributed by atoms with Gasteiger partial charge in [0.25, 0.3) is 0 Å². The van der Waals surface area contributed by atoms with E-state index in [1.807, 2.05) is 6.92 Å². The molecule has 35 heavy (non-hydrogen) atoms. The van der Waals surface area contributed by atoms with Crippen LogP contribution < -0.4 is 9.44 Å². The molecule has 192 valence electrons. The summed E-state index contributed by atoms with van der Waals surface area (Å²) in [6, 6.07) is 10.7. The van der Waals surface area contributed by atoms with Crippen molar-refractivity contribution in [2.75, 3.05) is 20.3 Å². The highest BCUT2D eigenvalue weighted by Crippen LogP contribution is 2.18. The normalized spacial score (nSPS) is 12.7. The van der Waals surface area contributed by atoms with Gasteiger partial charge < -0.3 is 9.47 Å². The zero-order valence-electron chi connectivity index (χ0n) is 19.8. The van der Waals surface area contributed by atoms with Crippen LogP contribution in [-0.2, 0) is 34.3 Å². The fraction of sp³-hybridized carbons (Fsp3) is 0.391. The summed E-state index contributed by atoms with van der Waals surface area (Å²) in [5.41, 5.74) is 0.765. The number of benzene rings is 2. The van der Waals surface area contributed by atoms with Gasteiger partial charge in [0.1, 0.15) is 6.04 Å². The summed E-state index contributed by atoms with van der Waals surface area (Å²) in [4.78, 5) is 24.2. The van der Waals surface area contributed by atoms with E-state index in [0.29, 0.717) is 12.8 Å². The zero-order valence-corrected chi connectivity index (χ0v) is 21.4. The topological polar surface area (TPSA) is 145 Å². The lowest BCUT2D eigenvalue weighted by atomic mass is 10.1. The Hall–Kier alpha value is -2.80. The lowest BCUT2D eigenvalue weighted by Crippen LogP contribution is -2.42. The summed E-state index contributed by atoms with van der Waals surface area (Å²) in [6.07, 6.45) is 0.729. The van der Waals surface area contributed by atoms with E-state index in [9.17, 15) is 26.4 Å². The number of sulfonamides is 2. The van der Waals surface area contributed by atoms with Crippen LogP contribution in [0.3, 0.4) is 0 Å². The Balaban J connectivity index is 2.04. The van der Waals surface area contributed by atoms with Gasteiger partial charge in [-0.05, 0) is 57.4 Å². The molecule has 0 aliphatic rings. The minimum atomic E-state index is -4.28. The summed E-state index contributed by atoms with van der Waals surface area (Å²) in [5.74, 6) is -1.61. The summed E-state index contributed by atoms with van der Waals surface area (Å²) < 4.78 is 65.1. The van der Waals surface area contributed by atoms with Gasteiger partial charge in [0.05, 0.1) is 29.1 Å². The summed E-state index contributed by atoms with van der Waals surface area (Å²) in [5, 5.41) is 0. The Labute approximate surface area is 206 Å². The first-order chi connectivity index (χ1) is 16.5. The maximum absolute atomic E-state index is 13.0. The molecule has 0 fully saturated rings. The predicted molar refractivity (Wildman–Crippen MR) is 129 cm³/mol. The second-order valence-corrected chi connectivity index (χ2v) is 11.1. The molecule has 2 rings (SSSR count). The van der Waals surface area contributed by atoms with Crippen LogP contribution in [0.15, 0.2) is 58.3 Å². The van der Waals surface area contributed by atoms with Gasteiger partial charge in [-0.2, -0.15) is 4.72 Å². The molecule has 2 aromatic carbocycles. The quantitative estimate of drug-likeness (QED) is 0.298. The summed E-state index contributed by atoms with van der Waals surface area (Å²) >= 11 is 0. The number of nitrogens with one attached hydrogen (secondary N) is 2. The lowest BCUT2D eigenvalue weighted by Gasteiger charge is -2.18. The zero-order chi connectivity index (χ0) is 26.1. The molecule has 0 aliphatic carbocycles. The van der Waals surface area contributed by atoms with Gasteiger partial charge in [-0.15, -0.1) is 0 Å². The van der Waals surface area contributed by atoms with Crippen molar-refractivity contribution in [1.82, 2.24) is 9.44 Å². The maximum atomic E-state index is 13.0. The molecule has 10 nitrogen and oxygen atoms in total. The molecular formula is C23H30N2O8S2. The van der Waals surface area contributed by atoms with E-state index in [-0.39, 0.29) is 34.9 Å². The third-order valence-electron chi connectivity index (χ3n) is 4.99. The first kappa shape index (κ1) is 28.4. The van der Waals surface area contributed by atoms with E-state index in [0.717, 1.165) is 12.7 Å². The number of carbonyl (C=O) groups excluding carboxylic acids is 2. The van der Waals surface area contributed by atoms with Gasteiger partial charge in [-0.1, -0.05) is 29.8 Å². The number of aryl methyl sites for hydroxylation is 1. The van der Waals surface area contributed by atoms with Crippen LogP contribution in [0, 0.1) is 6.92 Å². The average Bonchev–Trinajstić information content (AvgIpc) is 2.83. The van der Waals surface area contributed by atoms with Crippen molar-refractivity contribution in [3.8, 4) is 0 Å². The van der Waals surface area contributed by atoms with Gasteiger partial charge in [0, 0.05) is 6.54 Å². The third kappa shape index (κ3) is 8.13. The van der Waals surface area contributed by atoms with E-state index >= 15 is 0 Å².